The lowest BCUT2D eigenvalue weighted by molar-refractivity contribution is -0.133. The van der Waals surface area contributed by atoms with E-state index in [0.29, 0.717) is 37.3 Å². The van der Waals surface area contributed by atoms with Gasteiger partial charge in [-0.15, -0.1) is 0 Å². The molecular weight excluding hydrogens is 484 g/mol. The van der Waals surface area contributed by atoms with Crippen molar-refractivity contribution in [1.82, 2.24) is 25.3 Å². The number of aromatic nitrogens is 2. The van der Waals surface area contributed by atoms with Crippen LogP contribution in [0.4, 0.5) is 5.69 Å². The standard InChI is InChI=1S/C28H42N6O4/c1-19(2)8-7-13-29-26(36)17-34(18-27(37)32(6)24-11-14-33(15-12-24)22(5)35)25-16-23(10-9-20(25)3)28-30-21(4)38-31-28/h9-10,16,19,24H,7-8,11-15,17-18H2,1-6H3,(H,29,36). The van der Waals surface area contributed by atoms with Gasteiger partial charge >= 0.3 is 0 Å². The summed E-state index contributed by atoms with van der Waals surface area (Å²) in [5.41, 5.74) is 2.46. The fourth-order valence-corrected chi connectivity index (χ4v) is 4.75. The van der Waals surface area contributed by atoms with E-state index in [-0.39, 0.29) is 36.9 Å². The normalized spacial score (nSPS) is 14.0. The molecule has 10 nitrogen and oxygen atoms in total. The van der Waals surface area contributed by atoms with Crippen LogP contribution in [0, 0.1) is 19.8 Å². The maximum Gasteiger partial charge on any atom is 0.242 e. The summed E-state index contributed by atoms with van der Waals surface area (Å²) in [6.45, 7) is 11.6. The number of carbonyl (C=O) groups is 3. The predicted octanol–water partition coefficient (Wildman–Crippen LogP) is 3.18. The lowest BCUT2D eigenvalue weighted by Gasteiger charge is -2.37. The summed E-state index contributed by atoms with van der Waals surface area (Å²) in [6, 6.07) is 5.81. The van der Waals surface area contributed by atoms with Gasteiger partial charge in [-0.05, 0) is 50.2 Å². The fourth-order valence-electron chi connectivity index (χ4n) is 4.75. The minimum atomic E-state index is -0.126. The average molecular weight is 527 g/mol. The van der Waals surface area contributed by atoms with Gasteiger partial charge in [-0.2, -0.15) is 4.98 Å². The number of likely N-dealkylation sites (tertiary alicyclic amines) is 1. The number of aryl methyl sites for hydroxylation is 2. The van der Waals surface area contributed by atoms with Crippen LogP contribution in [0.25, 0.3) is 11.4 Å². The van der Waals surface area contributed by atoms with Crippen LogP contribution in [-0.2, 0) is 14.4 Å². The van der Waals surface area contributed by atoms with Gasteiger partial charge in [0.15, 0.2) is 0 Å². The SMILES string of the molecule is CC(=O)N1CCC(N(C)C(=O)CN(CC(=O)NCCCC(C)C)c2cc(-c3noc(C)n3)ccc2C)CC1. The summed E-state index contributed by atoms with van der Waals surface area (Å²) in [6.07, 6.45) is 3.43. The van der Waals surface area contributed by atoms with E-state index in [4.69, 9.17) is 4.52 Å². The van der Waals surface area contributed by atoms with Gasteiger partial charge < -0.3 is 24.5 Å². The predicted molar refractivity (Wildman–Crippen MR) is 147 cm³/mol. The van der Waals surface area contributed by atoms with Crippen LogP contribution in [-0.4, -0.2) is 83.5 Å². The first-order chi connectivity index (χ1) is 18.0. The molecule has 1 aliphatic heterocycles. The summed E-state index contributed by atoms with van der Waals surface area (Å²) in [5.74, 6) is 1.38. The topological polar surface area (TPSA) is 112 Å². The quantitative estimate of drug-likeness (QED) is 0.448. The van der Waals surface area contributed by atoms with Gasteiger partial charge in [0.25, 0.3) is 0 Å². The number of anilines is 1. The second-order valence-corrected chi connectivity index (χ2v) is 10.6. The Morgan fingerprint density at radius 3 is 2.47 bits per heavy atom. The van der Waals surface area contributed by atoms with Crippen LogP contribution in [0.15, 0.2) is 22.7 Å². The number of likely N-dealkylation sites (N-methyl/N-ethyl adjacent to an activating group) is 1. The molecule has 0 unspecified atom stereocenters. The number of hydrogen-bond acceptors (Lipinski definition) is 7. The Kier molecular flexibility index (Phi) is 10.3. The molecule has 0 atom stereocenters. The minimum absolute atomic E-state index is 0.0540. The highest BCUT2D eigenvalue weighted by atomic mass is 16.5. The van der Waals surface area contributed by atoms with E-state index in [1.807, 2.05) is 42.0 Å². The first-order valence-electron chi connectivity index (χ1n) is 13.5. The highest BCUT2D eigenvalue weighted by molar-refractivity contribution is 5.87. The van der Waals surface area contributed by atoms with Crippen molar-refractivity contribution in [3.05, 3.63) is 29.7 Å². The number of nitrogens with zero attached hydrogens (tertiary/aromatic N) is 5. The molecule has 0 bridgehead atoms. The lowest BCUT2D eigenvalue weighted by atomic mass is 10.0. The summed E-state index contributed by atoms with van der Waals surface area (Å²) in [4.78, 5) is 47.8. The number of rotatable bonds is 11. The third kappa shape index (κ3) is 8.03. The van der Waals surface area contributed by atoms with E-state index < -0.39 is 0 Å². The summed E-state index contributed by atoms with van der Waals surface area (Å²) in [7, 11) is 1.81. The smallest absolute Gasteiger partial charge is 0.242 e. The molecular formula is C28H42N6O4. The Hall–Kier alpha value is -3.43. The number of piperidine rings is 1. The van der Waals surface area contributed by atoms with Crippen molar-refractivity contribution in [2.45, 2.75) is 66.3 Å². The zero-order valence-corrected chi connectivity index (χ0v) is 23.6. The van der Waals surface area contributed by atoms with Gasteiger partial charge in [-0.3, -0.25) is 14.4 Å². The van der Waals surface area contributed by atoms with E-state index in [9.17, 15) is 14.4 Å². The number of nitrogens with one attached hydrogen (secondary N) is 1. The van der Waals surface area contributed by atoms with E-state index in [1.54, 1.807) is 18.7 Å². The van der Waals surface area contributed by atoms with Crippen LogP contribution in [0.5, 0.6) is 0 Å². The molecule has 0 radical (unpaired) electrons. The molecule has 0 spiro atoms. The minimum Gasteiger partial charge on any atom is -0.355 e. The molecule has 1 fully saturated rings. The van der Waals surface area contributed by atoms with Gasteiger partial charge in [-0.25, -0.2) is 0 Å². The van der Waals surface area contributed by atoms with Crippen molar-refractivity contribution in [1.29, 1.82) is 0 Å². The maximum absolute atomic E-state index is 13.5. The van der Waals surface area contributed by atoms with Gasteiger partial charge in [-0.1, -0.05) is 31.1 Å². The van der Waals surface area contributed by atoms with Crippen LogP contribution >= 0.6 is 0 Å². The van der Waals surface area contributed by atoms with Gasteiger partial charge in [0.1, 0.15) is 0 Å². The van der Waals surface area contributed by atoms with Gasteiger partial charge in [0, 0.05) is 57.8 Å². The highest BCUT2D eigenvalue weighted by Gasteiger charge is 2.28. The first-order valence-corrected chi connectivity index (χ1v) is 13.5. The molecule has 2 aromatic rings. The van der Waals surface area contributed by atoms with Crippen molar-refractivity contribution >= 4 is 23.4 Å². The number of benzene rings is 1. The Labute approximate surface area is 225 Å². The van der Waals surface area contributed by atoms with E-state index in [2.05, 4.69) is 29.3 Å². The summed E-state index contributed by atoms with van der Waals surface area (Å²) >= 11 is 0. The molecule has 1 aromatic carbocycles. The van der Waals surface area contributed by atoms with Crippen molar-refractivity contribution in [2.24, 2.45) is 5.92 Å². The maximum atomic E-state index is 13.5. The molecule has 10 heteroatoms. The van der Waals surface area contributed by atoms with Crippen molar-refractivity contribution in [3.8, 4) is 11.4 Å². The largest absolute Gasteiger partial charge is 0.355 e. The Morgan fingerprint density at radius 2 is 1.87 bits per heavy atom. The molecule has 0 saturated carbocycles. The lowest BCUT2D eigenvalue weighted by Crippen LogP contribution is -2.50. The van der Waals surface area contributed by atoms with Crippen LogP contribution in [0.2, 0.25) is 0 Å². The number of hydrogen-bond donors (Lipinski definition) is 1. The van der Waals surface area contributed by atoms with Gasteiger partial charge in [0.2, 0.25) is 29.4 Å². The fraction of sp³-hybridized carbons (Fsp3) is 0.607. The molecule has 1 aliphatic rings. The van der Waals surface area contributed by atoms with Crippen molar-refractivity contribution in [3.63, 3.8) is 0 Å². The molecule has 38 heavy (non-hydrogen) atoms. The van der Waals surface area contributed by atoms with Crippen LogP contribution in [0.3, 0.4) is 0 Å². The molecule has 1 saturated heterocycles. The summed E-state index contributed by atoms with van der Waals surface area (Å²) in [5, 5.41) is 7.03. The second kappa shape index (κ2) is 13.4. The molecule has 2 heterocycles. The molecule has 0 aliphatic carbocycles. The molecule has 3 rings (SSSR count). The second-order valence-electron chi connectivity index (χ2n) is 10.6. The van der Waals surface area contributed by atoms with Crippen molar-refractivity contribution in [2.75, 3.05) is 44.7 Å². The van der Waals surface area contributed by atoms with Crippen molar-refractivity contribution < 1.29 is 18.9 Å². The molecule has 1 N–H and O–H groups in total. The van der Waals surface area contributed by atoms with E-state index in [0.717, 1.165) is 42.5 Å². The average Bonchev–Trinajstić information content (AvgIpc) is 3.32. The van der Waals surface area contributed by atoms with E-state index in [1.165, 1.54) is 0 Å². The van der Waals surface area contributed by atoms with E-state index >= 15 is 0 Å². The Bertz CT molecular complexity index is 1110. The monoisotopic (exact) mass is 526 g/mol. The summed E-state index contributed by atoms with van der Waals surface area (Å²) < 4.78 is 5.15. The number of carbonyl (C=O) groups excluding carboxylic acids is 3. The van der Waals surface area contributed by atoms with Crippen LogP contribution in [0.1, 0.15) is 57.9 Å². The third-order valence-electron chi connectivity index (χ3n) is 7.13. The number of amides is 3. The zero-order valence-electron chi connectivity index (χ0n) is 23.6. The molecule has 3 amide bonds. The first kappa shape index (κ1) is 29.1. The Morgan fingerprint density at radius 1 is 1.16 bits per heavy atom. The Balaban J connectivity index is 1.77. The molecule has 208 valence electrons. The zero-order chi connectivity index (χ0) is 27.8. The highest BCUT2D eigenvalue weighted by Crippen LogP contribution is 2.27. The van der Waals surface area contributed by atoms with Gasteiger partial charge in [0.05, 0.1) is 13.1 Å². The molecule has 1 aromatic heterocycles. The third-order valence-corrected chi connectivity index (χ3v) is 7.13. The van der Waals surface area contributed by atoms with Crippen LogP contribution < -0.4 is 10.2 Å².